The molecule has 5 aliphatic rings. The largest absolute Gasteiger partial charge is 0.465 e. The van der Waals surface area contributed by atoms with E-state index in [-0.39, 0.29) is 49.5 Å². The van der Waals surface area contributed by atoms with Crippen LogP contribution in [0.5, 0.6) is 0 Å². The molecular weight excluding hydrogens is 564 g/mol. The average Bonchev–Trinajstić information content (AvgIpc) is 3.45. The van der Waals surface area contributed by atoms with Crippen molar-refractivity contribution < 1.29 is 44.3 Å². The van der Waals surface area contributed by atoms with Crippen molar-refractivity contribution in [3.05, 3.63) is 47.5 Å². The number of rotatable bonds is 6. The molecule has 3 saturated carbocycles. The minimum Gasteiger partial charge on any atom is -0.465 e. The summed E-state index contributed by atoms with van der Waals surface area (Å²) < 4.78 is 11.4. The molecule has 4 N–H and O–H groups in total. The maximum atomic E-state index is 13.5. The van der Waals surface area contributed by atoms with Gasteiger partial charge in [0.1, 0.15) is 11.7 Å². The van der Waals surface area contributed by atoms with E-state index in [1.807, 2.05) is 13.8 Å². The topological polar surface area (TPSA) is 151 Å². The van der Waals surface area contributed by atoms with Gasteiger partial charge in [-0.3, -0.25) is 9.59 Å². The molecule has 9 heteroatoms. The number of hydrogen-bond acceptors (Lipinski definition) is 9. The van der Waals surface area contributed by atoms with Crippen LogP contribution in [0.25, 0.3) is 0 Å². The number of ether oxygens (including phenoxy) is 2. The summed E-state index contributed by atoms with van der Waals surface area (Å²) in [4.78, 5) is 39.1. The smallest absolute Gasteiger partial charge is 0.338 e. The summed E-state index contributed by atoms with van der Waals surface area (Å²) >= 11 is 0. The van der Waals surface area contributed by atoms with Crippen LogP contribution in [0.15, 0.2) is 42.0 Å². The predicted molar refractivity (Wildman–Crippen MR) is 159 cm³/mol. The molecule has 0 aromatic heterocycles. The van der Waals surface area contributed by atoms with Crippen LogP contribution < -0.4 is 0 Å². The Kier molecular flexibility index (Phi) is 7.67. The fourth-order valence-corrected chi connectivity index (χ4v) is 9.91. The van der Waals surface area contributed by atoms with Crippen LogP contribution in [0.3, 0.4) is 0 Å². The maximum absolute atomic E-state index is 13.5. The standard InChI is InChI=1S/C35H46O9/c1-19-21(18-43-30(19)39)14-29(44-31(40)20-8-6-5-7-9-20)34(4,41)28-11-13-35(42)23-15-25(36)24-16-26(37)27(38)17-32(24,2)22(23)10-12-33(28,35)3/h5-9,15,19,21-22,24,26-29,37-38,41-42H,10-14,16-18H2,1-4H3/t19-,21+,22+,24-,26+,27-,28-,29+,32+,33+,34+,35-/m0/s1. The number of allylic oxidation sites excluding steroid dienone is 1. The molecule has 0 amide bonds. The molecule has 1 saturated heterocycles. The normalized spacial score (nSPS) is 43.5. The molecule has 1 aromatic rings. The number of benzene rings is 1. The second-order valence-corrected chi connectivity index (χ2v) is 15.0. The van der Waals surface area contributed by atoms with Gasteiger partial charge >= 0.3 is 11.9 Å². The summed E-state index contributed by atoms with van der Waals surface area (Å²) in [6.07, 6.45) is 1.38. The van der Waals surface area contributed by atoms with Gasteiger partial charge < -0.3 is 29.9 Å². The SMILES string of the molecule is C[C@@H]1C(=O)OC[C@H]1C[C@@H](OC(=O)c1ccccc1)[C@](C)(O)[C@H]1CC[C@]2(O)C3=CC(=O)[C@@H]4C[C@@H](O)[C@@H](O)C[C@]4(C)[C@@H]3CC[C@]12C. The Morgan fingerprint density at radius 2 is 1.80 bits per heavy atom. The van der Waals surface area contributed by atoms with E-state index in [2.05, 4.69) is 0 Å². The second-order valence-electron chi connectivity index (χ2n) is 15.0. The number of ketones is 1. The van der Waals surface area contributed by atoms with Crippen molar-refractivity contribution in [2.45, 2.75) is 102 Å². The number of aliphatic hydroxyl groups excluding tert-OH is 2. The van der Waals surface area contributed by atoms with E-state index in [0.29, 0.717) is 36.8 Å². The number of aliphatic hydroxyl groups is 4. The van der Waals surface area contributed by atoms with Gasteiger partial charge in [0, 0.05) is 17.3 Å². The minimum atomic E-state index is -1.58. The molecule has 240 valence electrons. The minimum absolute atomic E-state index is 0.132. The molecule has 4 fully saturated rings. The first-order chi connectivity index (χ1) is 20.6. The first kappa shape index (κ1) is 31.4. The number of carbonyl (C=O) groups excluding carboxylic acids is 3. The first-order valence-corrected chi connectivity index (χ1v) is 16.1. The Hall–Kier alpha value is -2.59. The number of carbonyl (C=O) groups is 3. The fraction of sp³-hybridized carbons (Fsp3) is 0.686. The molecule has 1 heterocycles. The molecule has 12 atom stereocenters. The highest BCUT2D eigenvalue weighted by atomic mass is 16.6. The molecule has 0 spiro atoms. The second kappa shape index (κ2) is 10.7. The highest BCUT2D eigenvalue weighted by Crippen LogP contribution is 2.68. The predicted octanol–water partition coefficient (Wildman–Crippen LogP) is 3.37. The third kappa shape index (κ3) is 4.60. The molecule has 9 nitrogen and oxygen atoms in total. The Labute approximate surface area is 258 Å². The summed E-state index contributed by atoms with van der Waals surface area (Å²) in [5.41, 5.74) is -3.40. The molecule has 6 rings (SSSR count). The zero-order valence-electron chi connectivity index (χ0n) is 26.1. The summed E-state index contributed by atoms with van der Waals surface area (Å²) in [5.74, 6) is -2.76. The lowest BCUT2D eigenvalue weighted by Crippen LogP contribution is -2.63. The van der Waals surface area contributed by atoms with Gasteiger partial charge in [0.2, 0.25) is 0 Å². The molecular formula is C35H46O9. The van der Waals surface area contributed by atoms with E-state index in [9.17, 15) is 34.8 Å². The number of hydrogen-bond donors (Lipinski definition) is 4. The Morgan fingerprint density at radius 3 is 2.45 bits per heavy atom. The highest BCUT2D eigenvalue weighted by molar-refractivity contribution is 5.95. The quantitative estimate of drug-likeness (QED) is 0.356. The van der Waals surface area contributed by atoms with Gasteiger partial charge in [-0.15, -0.1) is 0 Å². The van der Waals surface area contributed by atoms with Crippen molar-refractivity contribution in [2.24, 2.45) is 40.4 Å². The van der Waals surface area contributed by atoms with E-state index in [1.165, 1.54) is 0 Å². The van der Waals surface area contributed by atoms with E-state index >= 15 is 0 Å². The van der Waals surface area contributed by atoms with Gasteiger partial charge in [-0.05, 0) is 92.9 Å². The third-order valence-electron chi connectivity index (χ3n) is 12.8. The van der Waals surface area contributed by atoms with E-state index in [4.69, 9.17) is 9.47 Å². The molecule has 1 aromatic carbocycles. The number of fused-ring (bicyclic) bond motifs is 5. The van der Waals surface area contributed by atoms with Gasteiger partial charge in [-0.2, -0.15) is 0 Å². The summed E-state index contributed by atoms with van der Waals surface area (Å²) in [6, 6.07) is 8.58. The van der Waals surface area contributed by atoms with E-state index in [1.54, 1.807) is 50.3 Å². The van der Waals surface area contributed by atoms with Gasteiger partial charge in [-0.1, -0.05) is 39.0 Å². The maximum Gasteiger partial charge on any atom is 0.338 e. The molecule has 4 aliphatic carbocycles. The Bertz CT molecular complexity index is 1350. The number of esters is 2. The van der Waals surface area contributed by atoms with E-state index in [0.717, 1.165) is 0 Å². The molecule has 1 aliphatic heterocycles. The van der Waals surface area contributed by atoms with Crippen LogP contribution in [0, 0.1) is 40.4 Å². The van der Waals surface area contributed by atoms with Crippen LogP contribution in [-0.4, -0.2) is 74.3 Å². The van der Waals surface area contributed by atoms with Crippen LogP contribution in [0.2, 0.25) is 0 Å². The molecule has 44 heavy (non-hydrogen) atoms. The van der Waals surface area contributed by atoms with Crippen molar-refractivity contribution >= 4 is 17.7 Å². The van der Waals surface area contributed by atoms with Gasteiger partial charge in [-0.25, -0.2) is 4.79 Å². The molecule has 0 unspecified atom stereocenters. The van der Waals surface area contributed by atoms with Crippen LogP contribution in [0.4, 0.5) is 0 Å². The molecule has 0 bridgehead atoms. The molecule has 0 radical (unpaired) electrons. The number of cyclic esters (lactones) is 1. The average molecular weight is 611 g/mol. The summed E-state index contributed by atoms with van der Waals surface area (Å²) in [5, 5.41) is 46.1. The zero-order chi connectivity index (χ0) is 31.8. The van der Waals surface area contributed by atoms with Gasteiger partial charge in [0.15, 0.2) is 5.78 Å². The van der Waals surface area contributed by atoms with Gasteiger partial charge in [0.25, 0.3) is 0 Å². The highest BCUT2D eigenvalue weighted by Gasteiger charge is 2.69. The third-order valence-corrected chi connectivity index (χ3v) is 12.8. The Morgan fingerprint density at radius 1 is 1.09 bits per heavy atom. The lowest BCUT2D eigenvalue weighted by Gasteiger charge is -2.60. The van der Waals surface area contributed by atoms with Gasteiger partial charge in [0.05, 0.1) is 35.9 Å². The van der Waals surface area contributed by atoms with Crippen LogP contribution in [-0.2, 0) is 19.1 Å². The van der Waals surface area contributed by atoms with Crippen molar-refractivity contribution in [1.82, 2.24) is 0 Å². The Balaban J connectivity index is 1.34. The first-order valence-electron chi connectivity index (χ1n) is 16.1. The zero-order valence-corrected chi connectivity index (χ0v) is 26.1. The van der Waals surface area contributed by atoms with Crippen molar-refractivity contribution in [2.75, 3.05) is 6.61 Å². The van der Waals surface area contributed by atoms with Crippen LogP contribution >= 0.6 is 0 Å². The lowest BCUT2D eigenvalue weighted by molar-refractivity contribution is -0.178. The van der Waals surface area contributed by atoms with Crippen molar-refractivity contribution in [3.63, 3.8) is 0 Å². The van der Waals surface area contributed by atoms with Crippen LogP contribution in [0.1, 0.15) is 83.0 Å². The fourth-order valence-electron chi connectivity index (χ4n) is 9.91. The monoisotopic (exact) mass is 610 g/mol. The van der Waals surface area contributed by atoms with E-state index < -0.39 is 64.1 Å². The summed E-state index contributed by atoms with van der Waals surface area (Å²) in [7, 11) is 0. The van der Waals surface area contributed by atoms with Crippen molar-refractivity contribution in [3.8, 4) is 0 Å². The summed E-state index contributed by atoms with van der Waals surface area (Å²) in [6.45, 7) is 7.60. The van der Waals surface area contributed by atoms with Crippen molar-refractivity contribution in [1.29, 1.82) is 0 Å². The lowest BCUT2D eigenvalue weighted by atomic mass is 9.45.